The summed E-state index contributed by atoms with van der Waals surface area (Å²) in [6, 6.07) is 3.91. The van der Waals surface area contributed by atoms with Crippen molar-refractivity contribution in [3.05, 3.63) is 34.9 Å². The number of amides is 2. The summed E-state index contributed by atoms with van der Waals surface area (Å²) in [5.41, 5.74) is 4.71. The molecule has 0 aliphatic heterocycles. The second kappa shape index (κ2) is 9.78. The highest BCUT2D eigenvalue weighted by Crippen LogP contribution is 2.51. The molecule has 2 aliphatic rings. The smallest absolute Gasteiger partial charge is 0.407 e. The van der Waals surface area contributed by atoms with Gasteiger partial charge in [0.1, 0.15) is 17.2 Å². The summed E-state index contributed by atoms with van der Waals surface area (Å²) < 4.78 is 59.0. The number of rotatable bonds is 8. The highest BCUT2D eigenvalue weighted by atomic mass is 16.5. The number of aryl methyl sites for hydroxylation is 1. The van der Waals surface area contributed by atoms with Crippen molar-refractivity contribution in [3.8, 4) is 5.88 Å². The molecule has 2 amide bonds. The van der Waals surface area contributed by atoms with Gasteiger partial charge in [0.2, 0.25) is 11.8 Å². The number of methoxy groups -OCH3 is 1. The number of carbonyl (C=O) groups excluding carboxylic acids is 2. The molecule has 14 nitrogen and oxygen atoms in total. The number of carbonyl (C=O) groups is 2. The van der Waals surface area contributed by atoms with Crippen LogP contribution >= 0.6 is 0 Å². The van der Waals surface area contributed by atoms with Gasteiger partial charge in [0.15, 0.2) is 5.65 Å². The van der Waals surface area contributed by atoms with Crippen LogP contribution in [0.1, 0.15) is 53.8 Å². The van der Waals surface area contributed by atoms with Crippen LogP contribution in [-0.4, -0.2) is 60.6 Å². The number of primary amides is 1. The number of aromatic nitrogens is 6. The third-order valence-electron chi connectivity index (χ3n) is 8.06. The lowest BCUT2D eigenvalue weighted by Gasteiger charge is -2.15. The molecule has 4 aromatic rings. The number of imidazole rings is 1. The third-order valence-corrected chi connectivity index (χ3v) is 8.06. The standard InChI is InChI=1S/C27H33N9O5/c1-5-41-23-17-8-9-20(32-22(17)36(33-23)27(24(28)37)12-14(27)2)31-21-11-18-19(13-29-21)34(3)26(39)35(18)16-7-6-15(10-16)30-25(38)40-4/h8-9,11,13-16H,5-7,10,12H2,1-4H3,(H2,28,37)(H,30,38)(H,29,31,32)/i3D3,4D3. The summed E-state index contributed by atoms with van der Waals surface area (Å²) in [5.74, 6) is 0.294. The maximum absolute atomic E-state index is 13.6. The molecule has 0 radical (unpaired) electrons. The van der Waals surface area contributed by atoms with Crippen molar-refractivity contribution in [2.24, 2.45) is 18.6 Å². The number of nitrogens with zero attached hydrogens (tertiary/aromatic N) is 6. The van der Waals surface area contributed by atoms with E-state index in [1.165, 1.54) is 21.5 Å². The number of alkyl carbamates (subject to hydrolysis) is 1. The van der Waals surface area contributed by atoms with E-state index in [1.54, 1.807) is 12.1 Å². The van der Waals surface area contributed by atoms with Crippen LogP contribution in [0.3, 0.4) is 0 Å². The van der Waals surface area contributed by atoms with Crippen LogP contribution in [0.15, 0.2) is 29.2 Å². The molecule has 0 saturated heterocycles. The van der Waals surface area contributed by atoms with Crippen molar-refractivity contribution < 1.29 is 27.3 Å². The van der Waals surface area contributed by atoms with Crippen LogP contribution in [0.25, 0.3) is 22.1 Å². The summed E-state index contributed by atoms with van der Waals surface area (Å²) in [6.07, 6.45) is 1.69. The molecule has 0 spiro atoms. The lowest BCUT2D eigenvalue weighted by atomic mass is 10.2. The predicted octanol–water partition coefficient (Wildman–Crippen LogP) is 2.29. The highest BCUT2D eigenvalue weighted by molar-refractivity contribution is 5.91. The summed E-state index contributed by atoms with van der Waals surface area (Å²) in [5, 5.41) is 10.7. The van der Waals surface area contributed by atoms with Crippen LogP contribution < -0.4 is 26.8 Å². The van der Waals surface area contributed by atoms with Gasteiger partial charge in [-0.2, -0.15) is 0 Å². The Balaban J connectivity index is 1.35. The lowest BCUT2D eigenvalue weighted by Crippen LogP contribution is -2.36. The van der Waals surface area contributed by atoms with Crippen molar-refractivity contribution in [3.63, 3.8) is 0 Å². The quantitative estimate of drug-likeness (QED) is 0.288. The minimum absolute atomic E-state index is 0.0587. The molecule has 4 atom stereocenters. The van der Waals surface area contributed by atoms with Gasteiger partial charge < -0.3 is 25.8 Å². The Labute approximate surface area is 243 Å². The zero-order chi connectivity index (χ0) is 34.1. The topological polar surface area (TPSA) is 173 Å². The molecule has 0 aromatic carbocycles. The monoisotopic (exact) mass is 569 g/mol. The van der Waals surface area contributed by atoms with Gasteiger partial charge in [-0.1, -0.05) is 6.92 Å². The van der Waals surface area contributed by atoms with Gasteiger partial charge in [-0.3, -0.25) is 13.9 Å². The highest BCUT2D eigenvalue weighted by Gasteiger charge is 2.60. The first-order chi connectivity index (χ1) is 22.0. The largest absolute Gasteiger partial charge is 0.476 e. The van der Waals surface area contributed by atoms with E-state index < -0.39 is 49.3 Å². The van der Waals surface area contributed by atoms with E-state index in [2.05, 4.69) is 25.5 Å². The first kappa shape index (κ1) is 20.3. The Hall–Kier alpha value is -4.62. The Morgan fingerprint density at radius 2 is 2.10 bits per heavy atom. The van der Waals surface area contributed by atoms with Crippen LogP contribution in [-0.2, 0) is 22.0 Å². The van der Waals surface area contributed by atoms with E-state index in [1.807, 2.05) is 13.8 Å². The van der Waals surface area contributed by atoms with Gasteiger partial charge in [-0.25, -0.2) is 24.2 Å². The van der Waals surface area contributed by atoms with Crippen molar-refractivity contribution in [1.29, 1.82) is 0 Å². The first-order valence-corrected chi connectivity index (χ1v) is 13.3. The second-order valence-corrected chi connectivity index (χ2v) is 10.5. The van der Waals surface area contributed by atoms with E-state index in [9.17, 15) is 14.4 Å². The maximum Gasteiger partial charge on any atom is 0.407 e. The van der Waals surface area contributed by atoms with E-state index in [-0.39, 0.29) is 29.2 Å². The number of hydrogen-bond acceptors (Lipinski definition) is 9. The van der Waals surface area contributed by atoms with Crippen molar-refractivity contribution >= 4 is 45.7 Å². The minimum Gasteiger partial charge on any atom is -0.476 e. The molecule has 216 valence electrons. The number of anilines is 2. The molecular formula is C27H33N9O5. The van der Waals surface area contributed by atoms with Crippen molar-refractivity contribution in [2.45, 2.75) is 57.2 Å². The molecule has 4 N–H and O–H groups in total. The SMILES string of the molecule is [2H]C([2H])([2H])OC(=O)NC1CCC(n2c(=O)n(C([2H])([2H])[2H])c3cnc(Nc4ccc5c(OCC)nn(C6(C(N)=O)CC6C)c5n4)cc32)C1. The van der Waals surface area contributed by atoms with Gasteiger partial charge in [-0.15, -0.1) is 5.10 Å². The number of fused-ring (bicyclic) bond motifs is 2. The molecule has 6 rings (SSSR count). The Morgan fingerprint density at radius 1 is 1.27 bits per heavy atom. The maximum atomic E-state index is 13.6. The van der Waals surface area contributed by atoms with E-state index in [4.69, 9.17) is 23.7 Å². The molecule has 14 heteroatoms. The Kier molecular flexibility index (Phi) is 4.84. The Bertz CT molecular complexity index is 1950. The van der Waals surface area contributed by atoms with Crippen LogP contribution in [0.2, 0.25) is 0 Å². The molecule has 2 aliphatic carbocycles. The molecule has 0 bridgehead atoms. The number of ether oxygens (including phenoxy) is 2. The fraction of sp³-hybridized carbons (Fsp3) is 0.481. The van der Waals surface area contributed by atoms with Crippen LogP contribution in [0.4, 0.5) is 16.4 Å². The summed E-state index contributed by atoms with van der Waals surface area (Å²) >= 11 is 0. The average Bonchev–Trinajstić information content (AvgIpc) is 3.22. The average molecular weight is 570 g/mol. The summed E-state index contributed by atoms with van der Waals surface area (Å²) in [7, 11) is -2.91. The van der Waals surface area contributed by atoms with Gasteiger partial charge in [0.05, 0.1) is 40.4 Å². The summed E-state index contributed by atoms with van der Waals surface area (Å²) in [6.45, 7) is 1.25. The van der Waals surface area contributed by atoms with Crippen LogP contribution in [0.5, 0.6) is 5.88 Å². The molecular weight excluding hydrogens is 530 g/mol. The number of nitrogens with two attached hydrogens (primary N) is 1. The lowest BCUT2D eigenvalue weighted by molar-refractivity contribution is -0.123. The number of pyridine rings is 2. The fourth-order valence-corrected chi connectivity index (χ4v) is 5.90. The number of hydrogen-bond donors (Lipinski definition) is 3. The van der Waals surface area contributed by atoms with E-state index >= 15 is 0 Å². The predicted molar refractivity (Wildman–Crippen MR) is 150 cm³/mol. The zero-order valence-corrected chi connectivity index (χ0v) is 22.4. The second-order valence-electron chi connectivity index (χ2n) is 10.5. The van der Waals surface area contributed by atoms with Crippen molar-refractivity contribution in [1.82, 2.24) is 34.2 Å². The third kappa shape index (κ3) is 4.24. The van der Waals surface area contributed by atoms with Gasteiger partial charge in [0, 0.05) is 29.2 Å². The Morgan fingerprint density at radius 3 is 2.80 bits per heavy atom. The molecule has 4 unspecified atom stereocenters. The summed E-state index contributed by atoms with van der Waals surface area (Å²) in [4.78, 5) is 47.2. The van der Waals surface area contributed by atoms with Crippen LogP contribution in [0, 0.1) is 5.92 Å². The van der Waals surface area contributed by atoms with Gasteiger partial charge in [0.25, 0.3) is 0 Å². The molecule has 2 fully saturated rings. The van der Waals surface area contributed by atoms with E-state index in [0.29, 0.717) is 53.2 Å². The molecule has 4 aromatic heterocycles. The minimum atomic E-state index is -2.91. The fourth-order valence-electron chi connectivity index (χ4n) is 5.90. The van der Waals surface area contributed by atoms with E-state index in [0.717, 1.165) is 0 Å². The zero-order valence-electron chi connectivity index (χ0n) is 28.4. The van der Waals surface area contributed by atoms with Gasteiger partial charge in [-0.05, 0) is 50.7 Å². The normalized spacial score (nSPS) is 26.3. The molecule has 2 saturated carbocycles. The molecule has 4 heterocycles. The first-order valence-electron chi connectivity index (χ1n) is 16.3. The van der Waals surface area contributed by atoms with Crippen molar-refractivity contribution in [2.75, 3.05) is 19.0 Å². The number of nitrogens with one attached hydrogen (secondary N) is 2. The van der Waals surface area contributed by atoms with Gasteiger partial charge >= 0.3 is 11.8 Å². The molecule has 41 heavy (non-hydrogen) atoms.